The maximum absolute atomic E-state index is 12.2. The van der Waals surface area contributed by atoms with Crippen LogP contribution in [0.3, 0.4) is 0 Å². The first kappa shape index (κ1) is 15.3. The Hall–Kier alpha value is -1.11. The molecule has 0 aromatic heterocycles. The van der Waals surface area contributed by atoms with E-state index in [0.29, 0.717) is 6.54 Å². The fraction of sp³-hybridized carbons (Fsp3) is 0.571. The molecule has 1 unspecified atom stereocenters. The number of likely N-dealkylation sites (tertiary alicyclic amines) is 1. The largest absolute Gasteiger partial charge is 0.507 e. The van der Waals surface area contributed by atoms with Gasteiger partial charge in [0.15, 0.2) is 0 Å². The summed E-state index contributed by atoms with van der Waals surface area (Å²) in [5.41, 5.74) is 0. The van der Waals surface area contributed by atoms with Gasteiger partial charge in [0.25, 0.3) is 0 Å². The van der Waals surface area contributed by atoms with E-state index < -0.39 is 10.0 Å². The third kappa shape index (κ3) is 3.71. The molecule has 0 amide bonds. The first-order valence-electron chi connectivity index (χ1n) is 7.02. The van der Waals surface area contributed by atoms with Crippen LogP contribution < -0.4 is 4.72 Å². The molecule has 2 N–H and O–H groups in total. The second-order valence-corrected chi connectivity index (χ2v) is 7.00. The Bertz CT molecular complexity index is 539. The zero-order valence-corrected chi connectivity index (χ0v) is 12.6. The number of hydrogen-bond acceptors (Lipinski definition) is 4. The highest BCUT2D eigenvalue weighted by Crippen LogP contribution is 2.21. The zero-order valence-electron chi connectivity index (χ0n) is 11.7. The lowest BCUT2D eigenvalue weighted by atomic mass is 10.1. The number of phenolic OH excluding ortho intramolecular Hbond substituents is 1. The second-order valence-electron chi connectivity index (χ2n) is 5.27. The summed E-state index contributed by atoms with van der Waals surface area (Å²) in [7, 11) is -3.65. The summed E-state index contributed by atoms with van der Waals surface area (Å²) in [5.74, 6) is -0.217. The van der Waals surface area contributed by atoms with Gasteiger partial charge in [-0.1, -0.05) is 18.6 Å². The molecule has 1 aliphatic heterocycles. The molecule has 2 rings (SSSR count). The average Bonchev–Trinajstić information content (AvgIpc) is 2.46. The van der Waals surface area contributed by atoms with Crippen molar-refractivity contribution in [2.75, 3.05) is 19.6 Å². The summed E-state index contributed by atoms with van der Waals surface area (Å²) >= 11 is 0. The molecule has 1 heterocycles. The Kier molecular flexibility index (Phi) is 5.01. The Morgan fingerprint density at radius 2 is 1.90 bits per heavy atom. The quantitative estimate of drug-likeness (QED) is 0.865. The van der Waals surface area contributed by atoms with E-state index in [-0.39, 0.29) is 16.7 Å². The van der Waals surface area contributed by atoms with E-state index in [2.05, 4.69) is 9.62 Å². The molecule has 5 nitrogen and oxygen atoms in total. The maximum Gasteiger partial charge on any atom is 0.244 e. The summed E-state index contributed by atoms with van der Waals surface area (Å²) in [5, 5.41) is 9.63. The molecule has 0 bridgehead atoms. The molecular weight excluding hydrogens is 276 g/mol. The summed E-state index contributed by atoms with van der Waals surface area (Å²) in [6.45, 7) is 4.44. The van der Waals surface area contributed by atoms with Crippen molar-refractivity contribution in [1.29, 1.82) is 0 Å². The number of nitrogens with one attached hydrogen (secondary N) is 1. The minimum Gasteiger partial charge on any atom is -0.507 e. The third-order valence-electron chi connectivity index (χ3n) is 3.74. The van der Waals surface area contributed by atoms with Crippen molar-refractivity contribution in [2.45, 2.75) is 37.1 Å². The molecule has 1 saturated heterocycles. The van der Waals surface area contributed by atoms with Crippen molar-refractivity contribution in [2.24, 2.45) is 0 Å². The lowest BCUT2D eigenvalue weighted by Gasteiger charge is -2.32. The van der Waals surface area contributed by atoms with Crippen molar-refractivity contribution < 1.29 is 13.5 Å². The molecular formula is C14H22N2O3S. The van der Waals surface area contributed by atoms with Crippen molar-refractivity contribution in [3.8, 4) is 5.75 Å². The first-order chi connectivity index (χ1) is 9.50. The molecule has 112 valence electrons. The van der Waals surface area contributed by atoms with Crippen molar-refractivity contribution >= 4 is 10.0 Å². The normalized spacial score (nSPS) is 18.9. The van der Waals surface area contributed by atoms with E-state index in [4.69, 9.17) is 0 Å². The monoisotopic (exact) mass is 298 g/mol. The molecule has 20 heavy (non-hydrogen) atoms. The summed E-state index contributed by atoms with van der Waals surface area (Å²) in [6, 6.07) is 6.15. The number of rotatable bonds is 5. The minimum absolute atomic E-state index is 0.0640. The third-order valence-corrected chi connectivity index (χ3v) is 5.21. The fourth-order valence-corrected chi connectivity index (χ4v) is 3.70. The predicted octanol–water partition coefficient (Wildman–Crippen LogP) is 1.54. The van der Waals surface area contributed by atoms with Crippen LogP contribution in [0, 0.1) is 0 Å². The first-order valence-corrected chi connectivity index (χ1v) is 8.51. The number of para-hydroxylation sites is 1. The van der Waals surface area contributed by atoms with Gasteiger partial charge in [-0.15, -0.1) is 0 Å². The number of hydrogen-bond donors (Lipinski definition) is 2. The van der Waals surface area contributed by atoms with Crippen molar-refractivity contribution in [1.82, 2.24) is 9.62 Å². The fourth-order valence-electron chi connectivity index (χ4n) is 2.48. The van der Waals surface area contributed by atoms with Crippen LogP contribution in [-0.4, -0.2) is 44.1 Å². The van der Waals surface area contributed by atoms with Crippen LogP contribution in [0.5, 0.6) is 5.75 Å². The van der Waals surface area contributed by atoms with Gasteiger partial charge in [-0.3, -0.25) is 4.90 Å². The lowest BCUT2D eigenvalue weighted by Crippen LogP contribution is -2.44. The topological polar surface area (TPSA) is 69.6 Å². The van der Waals surface area contributed by atoms with Gasteiger partial charge in [0, 0.05) is 12.6 Å². The van der Waals surface area contributed by atoms with Crippen LogP contribution in [-0.2, 0) is 10.0 Å². The van der Waals surface area contributed by atoms with Gasteiger partial charge in [0.2, 0.25) is 10.0 Å². The number of benzene rings is 1. The number of aromatic hydroxyl groups is 1. The molecule has 0 aliphatic carbocycles. The smallest absolute Gasteiger partial charge is 0.244 e. The highest BCUT2D eigenvalue weighted by atomic mass is 32.2. The Morgan fingerprint density at radius 1 is 1.25 bits per heavy atom. The average molecular weight is 298 g/mol. The SMILES string of the molecule is CC(CNS(=O)(=O)c1ccccc1O)N1CCCCC1. The lowest BCUT2D eigenvalue weighted by molar-refractivity contribution is 0.175. The van der Waals surface area contributed by atoms with E-state index in [1.807, 2.05) is 6.92 Å². The molecule has 1 aromatic rings. The van der Waals surface area contributed by atoms with Gasteiger partial charge in [0.1, 0.15) is 10.6 Å². The molecule has 1 fully saturated rings. The van der Waals surface area contributed by atoms with E-state index in [1.54, 1.807) is 12.1 Å². The molecule has 1 aromatic carbocycles. The minimum atomic E-state index is -3.65. The molecule has 0 radical (unpaired) electrons. The van der Waals surface area contributed by atoms with E-state index in [1.165, 1.54) is 31.4 Å². The van der Waals surface area contributed by atoms with E-state index in [0.717, 1.165) is 13.1 Å². The Morgan fingerprint density at radius 3 is 2.55 bits per heavy atom. The van der Waals surface area contributed by atoms with Crippen molar-refractivity contribution in [3.63, 3.8) is 0 Å². The standard InChI is InChI=1S/C14H22N2O3S/c1-12(16-9-5-2-6-10-16)11-15-20(18,19)14-8-4-3-7-13(14)17/h3-4,7-8,12,15,17H,2,5-6,9-11H2,1H3. The highest BCUT2D eigenvalue weighted by Gasteiger charge is 2.21. The van der Waals surface area contributed by atoms with Crippen LogP contribution in [0.25, 0.3) is 0 Å². The highest BCUT2D eigenvalue weighted by molar-refractivity contribution is 7.89. The number of piperidine rings is 1. The van der Waals surface area contributed by atoms with Crippen LogP contribution in [0.1, 0.15) is 26.2 Å². The summed E-state index contributed by atoms with van der Waals surface area (Å²) in [4.78, 5) is 2.24. The van der Waals surface area contributed by atoms with Crippen LogP contribution >= 0.6 is 0 Å². The van der Waals surface area contributed by atoms with Gasteiger partial charge in [-0.25, -0.2) is 13.1 Å². The number of nitrogens with zero attached hydrogens (tertiary/aromatic N) is 1. The van der Waals surface area contributed by atoms with Crippen molar-refractivity contribution in [3.05, 3.63) is 24.3 Å². The predicted molar refractivity (Wildman–Crippen MR) is 78.2 cm³/mol. The number of phenols is 1. The van der Waals surface area contributed by atoms with E-state index >= 15 is 0 Å². The molecule has 6 heteroatoms. The molecule has 0 spiro atoms. The summed E-state index contributed by atoms with van der Waals surface area (Å²) in [6.07, 6.45) is 3.61. The van der Waals surface area contributed by atoms with Crippen LogP contribution in [0.15, 0.2) is 29.2 Å². The van der Waals surface area contributed by atoms with Crippen LogP contribution in [0.4, 0.5) is 0 Å². The number of sulfonamides is 1. The second kappa shape index (κ2) is 6.56. The van der Waals surface area contributed by atoms with Gasteiger partial charge in [-0.2, -0.15) is 0 Å². The zero-order chi connectivity index (χ0) is 14.6. The van der Waals surface area contributed by atoms with Gasteiger partial charge >= 0.3 is 0 Å². The van der Waals surface area contributed by atoms with E-state index in [9.17, 15) is 13.5 Å². The molecule has 1 atom stereocenters. The maximum atomic E-state index is 12.2. The van der Waals surface area contributed by atoms with Gasteiger partial charge in [-0.05, 0) is 45.0 Å². The Labute approximate surface area is 120 Å². The van der Waals surface area contributed by atoms with Crippen LogP contribution in [0.2, 0.25) is 0 Å². The Balaban J connectivity index is 1.97. The summed E-state index contributed by atoms with van der Waals surface area (Å²) < 4.78 is 26.9. The van der Waals surface area contributed by atoms with Gasteiger partial charge < -0.3 is 5.11 Å². The van der Waals surface area contributed by atoms with Gasteiger partial charge in [0.05, 0.1) is 0 Å². The molecule has 1 aliphatic rings. The molecule has 0 saturated carbocycles.